The van der Waals surface area contributed by atoms with Crippen molar-refractivity contribution in [2.75, 3.05) is 6.54 Å². The molecule has 1 N–H and O–H groups in total. The number of aryl methyl sites for hydroxylation is 3. The number of fused-ring (bicyclic) bond motifs is 1. The van der Waals surface area contributed by atoms with Crippen LogP contribution in [-0.2, 0) is 6.54 Å². The van der Waals surface area contributed by atoms with Crippen LogP contribution in [0, 0.1) is 27.7 Å². The van der Waals surface area contributed by atoms with Crippen molar-refractivity contribution in [3.05, 3.63) is 52.7 Å². The maximum atomic E-state index is 12.4. The van der Waals surface area contributed by atoms with E-state index in [9.17, 15) is 4.79 Å². The van der Waals surface area contributed by atoms with Crippen molar-refractivity contribution in [3.63, 3.8) is 0 Å². The Balaban J connectivity index is 1.71. The van der Waals surface area contributed by atoms with Crippen LogP contribution in [0.15, 0.2) is 28.7 Å². The van der Waals surface area contributed by atoms with E-state index < -0.39 is 0 Å². The Morgan fingerprint density at radius 1 is 1.17 bits per heavy atom. The predicted octanol–water partition coefficient (Wildman–Crippen LogP) is 3.29. The van der Waals surface area contributed by atoms with Crippen LogP contribution < -0.4 is 5.32 Å². The molecule has 2 heterocycles. The highest BCUT2D eigenvalue weighted by Gasteiger charge is 2.18. The van der Waals surface area contributed by atoms with Crippen LogP contribution in [-0.4, -0.2) is 22.0 Å². The number of aromatic nitrogens is 2. The van der Waals surface area contributed by atoms with Gasteiger partial charge in [-0.1, -0.05) is 12.1 Å². The second kappa shape index (κ2) is 5.91. The number of nitrogens with zero attached hydrogens (tertiary/aromatic N) is 2. The van der Waals surface area contributed by atoms with E-state index in [-0.39, 0.29) is 5.91 Å². The number of hydrogen-bond donors (Lipinski definition) is 1. The number of benzene rings is 1. The number of furan rings is 1. The minimum atomic E-state index is -0.0843. The van der Waals surface area contributed by atoms with Crippen LogP contribution in [0.3, 0.4) is 0 Å². The molecule has 5 nitrogen and oxygen atoms in total. The summed E-state index contributed by atoms with van der Waals surface area (Å²) >= 11 is 0. The summed E-state index contributed by atoms with van der Waals surface area (Å²) < 4.78 is 7.64. The lowest BCUT2D eigenvalue weighted by atomic mass is 10.1. The molecule has 0 aliphatic carbocycles. The van der Waals surface area contributed by atoms with Crippen molar-refractivity contribution in [2.45, 2.75) is 34.2 Å². The van der Waals surface area contributed by atoms with Crippen LogP contribution in [0.25, 0.3) is 11.0 Å². The molecular weight excluding hydrogens is 290 g/mol. The molecule has 1 amide bonds. The first kappa shape index (κ1) is 15.3. The van der Waals surface area contributed by atoms with Gasteiger partial charge in [0.25, 0.3) is 5.91 Å². The number of imidazole rings is 1. The highest BCUT2D eigenvalue weighted by molar-refractivity contribution is 5.96. The van der Waals surface area contributed by atoms with Crippen LogP contribution in [0.5, 0.6) is 0 Å². The minimum Gasteiger partial charge on any atom is -0.466 e. The number of amides is 1. The van der Waals surface area contributed by atoms with Crippen molar-refractivity contribution in [1.29, 1.82) is 0 Å². The SMILES string of the molecule is Cc1oc(C)c(C(=O)NCCn2c(C)nc3ccccc32)c1C. The Morgan fingerprint density at radius 2 is 1.91 bits per heavy atom. The first-order chi connectivity index (χ1) is 11.0. The fourth-order valence-corrected chi connectivity index (χ4v) is 2.98. The van der Waals surface area contributed by atoms with E-state index in [1.807, 2.05) is 52.0 Å². The third-order valence-electron chi connectivity index (χ3n) is 4.25. The smallest absolute Gasteiger partial charge is 0.255 e. The molecule has 23 heavy (non-hydrogen) atoms. The monoisotopic (exact) mass is 311 g/mol. The summed E-state index contributed by atoms with van der Waals surface area (Å²) in [6.45, 7) is 8.82. The molecule has 0 saturated carbocycles. The molecule has 3 rings (SSSR count). The largest absolute Gasteiger partial charge is 0.466 e. The molecule has 0 aliphatic rings. The third kappa shape index (κ3) is 2.74. The molecule has 0 atom stereocenters. The first-order valence-corrected chi connectivity index (χ1v) is 7.75. The van der Waals surface area contributed by atoms with E-state index >= 15 is 0 Å². The van der Waals surface area contributed by atoms with Crippen molar-refractivity contribution in [3.8, 4) is 0 Å². The zero-order chi connectivity index (χ0) is 16.6. The summed E-state index contributed by atoms with van der Waals surface area (Å²) in [7, 11) is 0. The highest BCUT2D eigenvalue weighted by atomic mass is 16.3. The molecule has 0 spiro atoms. The van der Waals surface area contributed by atoms with Crippen LogP contribution in [0.4, 0.5) is 0 Å². The average molecular weight is 311 g/mol. The Morgan fingerprint density at radius 3 is 2.61 bits per heavy atom. The van der Waals surface area contributed by atoms with Gasteiger partial charge in [0.15, 0.2) is 0 Å². The van der Waals surface area contributed by atoms with Gasteiger partial charge in [0.1, 0.15) is 17.3 Å². The Bertz CT molecular complexity index is 874. The maximum absolute atomic E-state index is 12.4. The van der Waals surface area contributed by atoms with E-state index in [0.717, 1.165) is 28.2 Å². The normalized spacial score (nSPS) is 11.1. The molecule has 120 valence electrons. The van der Waals surface area contributed by atoms with E-state index in [1.165, 1.54) is 0 Å². The van der Waals surface area contributed by atoms with Gasteiger partial charge in [-0.05, 0) is 39.8 Å². The van der Waals surface area contributed by atoms with Gasteiger partial charge < -0.3 is 14.3 Å². The fraction of sp³-hybridized carbons (Fsp3) is 0.333. The molecule has 0 saturated heterocycles. The lowest BCUT2D eigenvalue weighted by Crippen LogP contribution is -2.28. The van der Waals surface area contributed by atoms with Gasteiger partial charge in [0.05, 0.1) is 16.6 Å². The number of nitrogens with one attached hydrogen (secondary N) is 1. The summed E-state index contributed by atoms with van der Waals surface area (Å²) in [6, 6.07) is 8.02. The Hall–Kier alpha value is -2.56. The van der Waals surface area contributed by atoms with Crippen molar-refractivity contribution < 1.29 is 9.21 Å². The Labute approximate surface area is 135 Å². The number of rotatable bonds is 4. The summed E-state index contributed by atoms with van der Waals surface area (Å²) in [4.78, 5) is 16.9. The second-order valence-electron chi connectivity index (χ2n) is 5.77. The van der Waals surface area contributed by atoms with Gasteiger partial charge in [-0.3, -0.25) is 4.79 Å². The fourth-order valence-electron chi connectivity index (χ4n) is 2.98. The number of carbonyl (C=O) groups is 1. The molecule has 1 aromatic carbocycles. The second-order valence-corrected chi connectivity index (χ2v) is 5.77. The summed E-state index contributed by atoms with van der Waals surface area (Å²) in [5.41, 5.74) is 3.62. The molecular formula is C18H21N3O2. The third-order valence-corrected chi connectivity index (χ3v) is 4.25. The standard InChI is InChI=1S/C18H21N3O2/c1-11-12(2)23-13(3)17(11)18(22)19-9-10-21-14(4)20-15-7-5-6-8-16(15)21/h5-8H,9-10H2,1-4H3,(H,19,22). The number of hydrogen-bond acceptors (Lipinski definition) is 3. The van der Waals surface area contributed by atoms with Crippen molar-refractivity contribution in [1.82, 2.24) is 14.9 Å². The first-order valence-electron chi connectivity index (χ1n) is 7.75. The molecule has 0 radical (unpaired) electrons. The number of para-hydroxylation sites is 2. The van der Waals surface area contributed by atoms with Crippen LogP contribution in [0.1, 0.15) is 33.3 Å². The summed E-state index contributed by atoms with van der Waals surface area (Å²) in [5, 5.41) is 2.98. The lowest BCUT2D eigenvalue weighted by Gasteiger charge is -2.09. The van der Waals surface area contributed by atoms with Gasteiger partial charge in [0, 0.05) is 18.7 Å². The molecule has 0 bridgehead atoms. The zero-order valence-electron chi connectivity index (χ0n) is 13.9. The van der Waals surface area contributed by atoms with E-state index in [1.54, 1.807) is 0 Å². The summed E-state index contributed by atoms with van der Waals surface area (Å²) in [5.74, 6) is 2.33. The van der Waals surface area contributed by atoms with Crippen LogP contribution in [0.2, 0.25) is 0 Å². The van der Waals surface area contributed by atoms with Gasteiger partial charge in [-0.15, -0.1) is 0 Å². The predicted molar refractivity (Wildman–Crippen MR) is 89.7 cm³/mol. The molecule has 2 aromatic heterocycles. The number of carbonyl (C=O) groups excluding carboxylic acids is 1. The minimum absolute atomic E-state index is 0.0843. The topological polar surface area (TPSA) is 60.1 Å². The maximum Gasteiger partial charge on any atom is 0.255 e. The van der Waals surface area contributed by atoms with Crippen molar-refractivity contribution >= 4 is 16.9 Å². The van der Waals surface area contributed by atoms with Crippen molar-refractivity contribution in [2.24, 2.45) is 0 Å². The van der Waals surface area contributed by atoms with Crippen LogP contribution >= 0.6 is 0 Å². The lowest BCUT2D eigenvalue weighted by molar-refractivity contribution is 0.0950. The molecule has 3 aromatic rings. The Kier molecular flexibility index (Phi) is 3.94. The highest BCUT2D eigenvalue weighted by Crippen LogP contribution is 2.20. The molecule has 5 heteroatoms. The van der Waals surface area contributed by atoms with E-state index in [0.29, 0.717) is 24.4 Å². The molecule has 0 aliphatic heterocycles. The van der Waals surface area contributed by atoms with Gasteiger partial charge >= 0.3 is 0 Å². The zero-order valence-corrected chi connectivity index (χ0v) is 13.9. The van der Waals surface area contributed by atoms with Gasteiger partial charge in [-0.2, -0.15) is 0 Å². The summed E-state index contributed by atoms with van der Waals surface area (Å²) in [6.07, 6.45) is 0. The van der Waals surface area contributed by atoms with E-state index in [4.69, 9.17) is 4.42 Å². The van der Waals surface area contributed by atoms with Gasteiger partial charge in [-0.25, -0.2) is 4.98 Å². The quantitative estimate of drug-likeness (QED) is 0.804. The molecule has 0 fully saturated rings. The van der Waals surface area contributed by atoms with E-state index in [2.05, 4.69) is 14.9 Å². The molecule has 0 unspecified atom stereocenters. The van der Waals surface area contributed by atoms with Gasteiger partial charge in [0.2, 0.25) is 0 Å². The average Bonchev–Trinajstić information content (AvgIpc) is 2.96.